The van der Waals surface area contributed by atoms with E-state index in [4.69, 9.17) is 0 Å². The Balaban J connectivity index is 1.71. The average Bonchev–Trinajstić information content (AvgIpc) is 2.96. The van der Waals surface area contributed by atoms with Gasteiger partial charge in [-0.15, -0.1) is 0 Å². The van der Waals surface area contributed by atoms with Gasteiger partial charge in [0.15, 0.2) is 5.96 Å². The highest BCUT2D eigenvalue weighted by molar-refractivity contribution is 7.84. The Morgan fingerprint density at radius 3 is 2.67 bits per heavy atom. The number of aromatic nitrogens is 2. The standard InChI is InChI=1S/C20H31N5OS/c1-4-21-20(22-11-8-13-25-18(3)15-17(2)24-25)23-12-14-27(26)16-19-9-6-5-7-10-19/h5-7,9-10,15H,4,8,11-14,16H2,1-3H3,(H2,21,22,23). The van der Waals surface area contributed by atoms with E-state index in [9.17, 15) is 4.21 Å². The topological polar surface area (TPSA) is 71.3 Å². The van der Waals surface area contributed by atoms with Gasteiger partial charge >= 0.3 is 0 Å². The lowest BCUT2D eigenvalue weighted by Crippen LogP contribution is -2.39. The average molecular weight is 390 g/mol. The van der Waals surface area contributed by atoms with Crippen molar-refractivity contribution in [3.63, 3.8) is 0 Å². The lowest BCUT2D eigenvalue weighted by Gasteiger charge is -2.11. The number of nitrogens with one attached hydrogen (secondary N) is 2. The van der Waals surface area contributed by atoms with Crippen molar-refractivity contribution < 1.29 is 4.21 Å². The molecule has 0 aliphatic carbocycles. The Labute approximate surface area is 164 Å². The molecule has 1 heterocycles. The van der Waals surface area contributed by atoms with Crippen LogP contribution in [0.15, 0.2) is 41.4 Å². The van der Waals surface area contributed by atoms with E-state index in [1.54, 1.807) is 0 Å². The van der Waals surface area contributed by atoms with Gasteiger partial charge in [0.05, 0.1) is 5.69 Å². The van der Waals surface area contributed by atoms with Crippen LogP contribution in [0, 0.1) is 13.8 Å². The Morgan fingerprint density at radius 2 is 2.00 bits per heavy atom. The molecule has 0 aliphatic rings. The second-order valence-corrected chi connectivity index (χ2v) is 8.04. The van der Waals surface area contributed by atoms with Gasteiger partial charge in [0.1, 0.15) is 0 Å². The second kappa shape index (κ2) is 11.5. The maximum absolute atomic E-state index is 12.2. The van der Waals surface area contributed by atoms with Gasteiger partial charge in [-0.3, -0.25) is 13.9 Å². The van der Waals surface area contributed by atoms with Gasteiger partial charge in [0.25, 0.3) is 0 Å². The first-order valence-electron chi connectivity index (χ1n) is 9.50. The van der Waals surface area contributed by atoms with Crippen molar-refractivity contribution in [1.82, 2.24) is 20.4 Å². The van der Waals surface area contributed by atoms with E-state index in [-0.39, 0.29) is 0 Å². The molecule has 27 heavy (non-hydrogen) atoms. The second-order valence-electron chi connectivity index (χ2n) is 6.47. The number of nitrogens with zero attached hydrogens (tertiary/aromatic N) is 3. The zero-order valence-corrected chi connectivity index (χ0v) is 17.4. The summed E-state index contributed by atoms with van der Waals surface area (Å²) >= 11 is 0. The highest BCUT2D eigenvalue weighted by atomic mass is 32.2. The van der Waals surface area contributed by atoms with E-state index >= 15 is 0 Å². The molecule has 1 aromatic carbocycles. The summed E-state index contributed by atoms with van der Waals surface area (Å²) in [5, 5.41) is 11.0. The smallest absolute Gasteiger partial charge is 0.191 e. The number of aryl methyl sites for hydroxylation is 3. The number of hydrogen-bond acceptors (Lipinski definition) is 3. The van der Waals surface area contributed by atoms with Crippen molar-refractivity contribution in [1.29, 1.82) is 0 Å². The number of aliphatic imine (C=N–C) groups is 1. The van der Waals surface area contributed by atoms with E-state index in [1.165, 1.54) is 5.69 Å². The molecule has 1 unspecified atom stereocenters. The van der Waals surface area contributed by atoms with Crippen LogP contribution in [0.25, 0.3) is 0 Å². The van der Waals surface area contributed by atoms with Crippen molar-refractivity contribution in [2.45, 2.75) is 39.5 Å². The first-order valence-corrected chi connectivity index (χ1v) is 11.0. The molecule has 0 spiro atoms. The summed E-state index contributed by atoms with van der Waals surface area (Å²) in [5.74, 6) is 1.98. The van der Waals surface area contributed by atoms with E-state index < -0.39 is 10.8 Å². The molecule has 0 saturated carbocycles. The number of guanidine groups is 1. The maximum atomic E-state index is 12.2. The van der Waals surface area contributed by atoms with Gasteiger partial charge in [0, 0.05) is 54.2 Å². The molecule has 0 bridgehead atoms. The summed E-state index contributed by atoms with van der Waals surface area (Å²) in [4.78, 5) is 4.60. The fraction of sp³-hybridized carbons (Fsp3) is 0.500. The fourth-order valence-electron chi connectivity index (χ4n) is 2.77. The van der Waals surface area contributed by atoms with Gasteiger partial charge in [-0.1, -0.05) is 30.3 Å². The van der Waals surface area contributed by atoms with Crippen LogP contribution in [0.1, 0.15) is 30.3 Å². The lowest BCUT2D eigenvalue weighted by molar-refractivity contribution is 0.567. The van der Waals surface area contributed by atoms with Crippen LogP contribution in [0.4, 0.5) is 0 Å². The van der Waals surface area contributed by atoms with E-state index in [0.29, 0.717) is 18.1 Å². The summed E-state index contributed by atoms with van der Waals surface area (Å²) in [6.45, 7) is 9.16. The molecule has 0 saturated heterocycles. The molecule has 2 aromatic rings. The molecule has 2 rings (SSSR count). The molecular formula is C20H31N5OS. The highest BCUT2D eigenvalue weighted by Gasteiger charge is 2.04. The Kier molecular flexibility index (Phi) is 9.04. The first kappa shape index (κ1) is 21.2. The fourth-order valence-corrected chi connectivity index (χ4v) is 3.81. The third-order valence-corrected chi connectivity index (χ3v) is 5.35. The molecule has 0 amide bonds. The SMILES string of the molecule is CCNC(=NCCCn1nc(C)cc1C)NCCS(=O)Cc1ccccc1. The van der Waals surface area contributed by atoms with Gasteiger partial charge in [-0.25, -0.2) is 0 Å². The third kappa shape index (κ3) is 7.95. The molecule has 0 aliphatic heterocycles. The molecule has 2 N–H and O–H groups in total. The van der Waals surface area contributed by atoms with E-state index in [0.717, 1.165) is 43.3 Å². The summed E-state index contributed by atoms with van der Waals surface area (Å²) in [6.07, 6.45) is 0.929. The monoisotopic (exact) mass is 389 g/mol. The van der Waals surface area contributed by atoms with Crippen LogP contribution in [0.2, 0.25) is 0 Å². The number of benzene rings is 1. The van der Waals surface area contributed by atoms with Crippen LogP contribution in [-0.2, 0) is 23.1 Å². The first-order chi connectivity index (χ1) is 13.1. The Bertz CT molecular complexity index is 742. The molecule has 0 fully saturated rings. The Hall–Kier alpha value is -2.15. The molecule has 0 radical (unpaired) electrons. The van der Waals surface area contributed by atoms with Crippen molar-refractivity contribution in [2.24, 2.45) is 4.99 Å². The maximum Gasteiger partial charge on any atom is 0.191 e. The largest absolute Gasteiger partial charge is 0.357 e. The normalized spacial score (nSPS) is 12.8. The molecule has 148 valence electrons. The summed E-state index contributed by atoms with van der Waals surface area (Å²) < 4.78 is 14.2. The van der Waals surface area contributed by atoms with Gasteiger partial charge in [-0.05, 0) is 38.8 Å². The minimum Gasteiger partial charge on any atom is -0.357 e. The van der Waals surface area contributed by atoms with Crippen molar-refractivity contribution in [3.8, 4) is 0 Å². The number of rotatable bonds is 10. The number of hydrogen-bond donors (Lipinski definition) is 2. The third-order valence-electron chi connectivity index (χ3n) is 4.04. The molecule has 7 heteroatoms. The van der Waals surface area contributed by atoms with Crippen molar-refractivity contribution in [3.05, 3.63) is 53.3 Å². The summed E-state index contributed by atoms with van der Waals surface area (Å²) in [5.41, 5.74) is 3.34. The van der Waals surface area contributed by atoms with Crippen molar-refractivity contribution >= 4 is 16.8 Å². The van der Waals surface area contributed by atoms with Gasteiger partial charge < -0.3 is 10.6 Å². The lowest BCUT2D eigenvalue weighted by atomic mass is 10.2. The van der Waals surface area contributed by atoms with Gasteiger partial charge in [0.2, 0.25) is 0 Å². The predicted octanol–water partition coefficient (Wildman–Crippen LogP) is 2.39. The van der Waals surface area contributed by atoms with E-state index in [1.807, 2.05) is 48.9 Å². The summed E-state index contributed by atoms with van der Waals surface area (Å²) in [7, 11) is -0.881. The summed E-state index contributed by atoms with van der Waals surface area (Å²) in [6, 6.07) is 12.0. The van der Waals surface area contributed by atoms with Crippen LogP contribution in [0.3, 0.4) is 0 Å². The molecular weight excluding hydrogens is 358 g/mol. The van der Waals surface area contributed by atoms with Crippen LogP contribution in [0.5, 0.6) is 0 Å². The van der Waals surface area contributed by atoms with Crippen LogP contribution < -0.4 is 10.6 Å². The van der Waals surface area contributed by atoms with E-state index in [2.05, 4.69) is 33.7 Å². The zero-order chi connectivity index (χ0) is 19.5. The highest BCUT2D eigenvalue weighted by Crippen LogP contribution is 2.03. The molecule has 1 aromatic heterocycles. The minimum absolute atomic E-state index is 0.596. The van der Waals surface area contributed by atoms with Crippen molar-refractivity contribution in [2.75, 3.05) is 25.4 Å². The quantitative estimate of drug-likeness (QED) is 0.372. The van der Waals surface area contributed by atoms with Gasteiger partial charge in [-0.2, -0.15) is 5.10 Å². The molecule has 1 atom stereocenters. The minimum atomic E-state index is -0.881. The van der Waals surface area contributed by atoms with Crippen LogP contribution >= 0.6 is 0 Å². The Morgan fingerprint density at radius 1 is 1.22 bits per heavy atom. The van der Waals surface area contributed by atoms with Crippen LogP contribution in [-0.4, -0.2) is 45.3 Å². The predicted molar refractivity (Wildman–Crippen MR) is 113 cm³/mol. The zero-order valence-electron chi connectivity index (χ0n) is 16.6. The molecule has 6 nitrogen and oxygen atoms in total.